The third-order valence-electron chi connectivity index (χ3n) is 2.50. The summed E-state index contributed by atoms with van der Waals surface area (Å²) in [5.41, 5.74) is 0.646. The molecule has 20 heavy (non-hydrogen) atoms. The van der Waals surface area contributed by atoms with E-state index in [2.05, 4.69) is 4.98 Å². The molecule has 0 fully saturated rings. The van der Waals surface area contributed by atoms with Crippen LogP contribution in [0.15, 0.2) is 24.3 Å². The monoisotopic (exact) mass is 332 g/mol. The van der Waals surface area contributed by atoms with Gasteiger partial charge in [0.2, 0.25) is 5.75 Å². The van der Waals surface area contributed by atoms with Crippen molar-refractivity contribution in [2.75, 3.05) is 7.11 Å². The smallest absolute Gasteiger partial charge is 0.406 e. The number of benzene rings is 1. The van der Waals surface area contributed by atoms with Gasteiger partial charge in [0.1, 0.15) is 0 Å². The summed E-state index contributed by atoms with van der Waals surface area (Å²) < 4.78 is 4.89. The zero-order chi connectivity index (χ0) is 14.9. The first-order chi connectivity index (χ1) is 9.43. The lowest BCUT2D eigenvalue weighted by Crippen LogP contribution is -1.98. The van der Waals surface area contributed by atoms with Crippen molar-refractivity contribution in [2.24, 2.45) is 0 Å². The molecule has 0 N–H and O–H groups in total. The average molecular weight is 334 g/mol. The zero-order valence-electron chi connectivity index (χ0n) is 10.1. The van der Waals surface area contributed by atoms with Crippen LogP contribution in [0.4, 0.5) is 5.82 Å². The molecule has 0 aliphatic heterocycles. The van der Waals surface area contributed by atoms with E-state index in [0.29, 0.717) is 10.6 Å². The highest BCUT2D eigenvalue weighted by atomic mass is 35.5. The summed E-state index contributed by atoms with van der Waals surface area (Å²) in [5, 5.41) is 11.8. The molecule has 0 saturated heterocycles. The van der Waals surface area contributed by atoms with Crippen molar-refractivity contribution in [1.29, 1.82) is 0 Å². The number of ether oxygens (including phenoxy) is 1. The average Bonchev–Trinajstić information content (AvgIpc) is 2.37. The molecule has 104 valence electrons. The van der Waals surface area contributed by atoms with Gasteiger partial charge in [-0.2, -0.15) is 0 Å². The summed E-state index contributed by atoms with van der Waals surface area (Å²) in [6.45, 7) is 0. The van der Waals surface area contributed by atoms with Crippen molar-refractivity contribution in [2.45, 2.75) is 0 Å². The van der Waals surface area contributed by atoms with Crippen LogP contribution in [0.25, 0.3) is 11.3 Å². The second-order valence-electron chi connectivity index (χ2n) is 3.72. The molecule has 0 aliphatic rings. The Balaban J connectivity index is 2.65. The lowest BCUT2D eigenvalue weighted by Gasteiger charge is -2.06. The first-order valence-corrected chi connectivity index (χ1v) is 6.41. The lowest BCUT2D eigenvalue weighted by molar-refractivity contribution is -0.390. The first kappa shape index (κ1) is 14.8. The van der Waals surface area contributed by atoms with E-state index >= 15 is 0 Å². The molecule has 5 nitrogen and oxygen atoms in total. The van der Waals surface area contributed by atoms with Crippen LogP contribution in [0.1, 0.15) is 0 Å². The lowest BCUT2D eigenvalue weighted by atomic mass is 10.1. The molecule has 0 atom stereocenters. The van der Waals surface area contributed by atoms with Crippen LogP contribution in [-0.2, 0) is 0 Å². The molecule has 2 rings (SSSR count). The van der Waals surface area contributed by atoms with Crippen LogP contribution in [-0.4, -0.2) is 17.0 Å². The highest BCUT2D eigenvalue weighted by Crippen LogP contribution is 2.38. The van der Waals surface area contributed by atoms with E-state index in [0.717, 1.165) is 0 Å². The molecule has 1 aromatic heterocycles. The Morgan fingerprint density at radius 1 is 1.20 bits per heavy atom. The molecule has 0 saturated carbocycles. The fourth-order valence-corrected chi connectivity index (χ4v) is 2.66. The van der Waals surface area contributed by atoms with Crippen LogP contribution in [0, 0.1) is 10.1 Å². The summed E-state index contributed by atoms with van der Waals surface area (Å²) in [4.78, 5) is 14.3. The van der Waals surface area contributed by atoms with Gasteiger partial charge in [-0.15, -0.1) is 0 Å². The summed E-state index contributed by atoms with van der Waals surface area (Å²) in [5.74, 6) is -0.355. The number of rotatable bonds is 3. The SMILES string of the molecule is COc1ccc(-c2c(Cl)cc(Cl)cc2Cl)nc1[N+](=O)[O-]. The van der Waals surface area contributed by atoms with E-state index in [9.17, 15) is 10.1 Å². The minimum atomic E-state index is -0.639. The van der Waals surface area contributed by atoms with Crippen LogP contribution < -0.4 is 4.74 Å². The fraction of sp³-hybridized carbons (Fsp3) is 0.0833. The van der Waals surface area contributed by atoms with Crippen molar-refractivity contribution in [3.8, 4) is 17.0 Å². The molecule has 2 aromatic rings. The van der Waals surface area contributed by atoms with Gasteiger partial charge in [0, 0.05) is 5.02 Å². The topological polar surface area (TPSA) is 65.3 Å². The number of pyridine rings is 1. The maximum absolute atomic E-state index is 11.0. The Morgan fingerprint density at radius 2 is 1.80 bits per heavy atom. The molecule has 0 spiro atoms. The van der Waals surface area contributed by atoms with Crippen LogP contribution >= 0.6 is 34.8 Å². The van der Waals surface area contributed by atoms with Gasteiger partial charge in [-0.05, 0) is 34.2 Å². The van der Waals surface area contributed by atoms with E-state index in [1.807, 2.05) is 0 Å². The Bertz CT molecular complexity index is 669. The molecule has 0 bridgehead atoms. The Kier molecular flexibility index (Phi) is 4.32. The molecular formula is C12H7Cl3N2O3. The molecule has 0 radical (unpaired) electrons. The number of nitro groups is 1. The zero-order valence-corrected chi connectivity index (χ0v) is 12.3. The van der Waals surface area contributed by atoms with Gasteiger partial charge in [0.15, 0.2) is 5.69 Å². The molecule has 0 aliphatic carbocycles. The van der Waals surface area contributed by atoms with Crippen LogP contribution in [0.2, 0.25) is 15.1 Å². The Morgan fingerprint density at radius 3 is 2.30 bits per heavy atom. The molecule has 1 aromatic carbocycles. The highest BCUT2D eigenvalue weighted by molar-refractivity contribution is 6.41. The second-order valence-corrected chi connectivity index (χ2v) is 4.97. The van der Waals surface area contributed by atoms with Gasteiger partial charge < -0.3 is 14.9 Å². The van der Waals surface area contributed by atoms with E-state index in [1.165, 1.54) is 31.4 Å². The number of halogens is 3. The van der Waals surface area contributed by atoms with Crippen molar-refractivity contribution in [3.05, 3.63) is 49.4 Å². The third kappa shape index (κ3) is 2.80. The molecule has 8 heteroatoms. The highest BCUT2D eigenvalue weighted by Gasteiger charge is 2.22. The summed E-state index contributed by atoms with van der Waals surface area (Å²) in [6.07, 6.45) is 0. The van der Waals surface area contributed by atoms with Gasteiger partial charge in [0.25, 0.3) is 0 Å². The van der Waals surface area contributed by atoms with E-state index in [4.69, 9.17) is 39.5 Å². The van der Waals surface area contributed by atoms with E-state index in [-0.39, 0.29) is 21.5 Å². The first-order valence-electron chi connectivity index (χ1n) is 5.28. The fourth-order valence-electron chi connectivity index (χ4n) is 1.65. The standard InChI is InChI=1S/C12H7Cl3N2O3/c1-20-10-3-2-9(16-12(10)17(18)19)11-7(14)4-6(13)5-8(11)15/h2-5H,1H3. The number of hydrogen-bond donors (Lipinski definition) is 0. The number of methoxy groups -OCH3 is 1. The number of nitrogens with zero attached hydrogens (tertiary/aromatic N) is 2. The summed E-state index contributed by atoms with van der Waals surface area (Å²) in [6, 6.07) is 5.94. The van der Waals surface area contributed by atoms with Crippen molar-refractivity contribution in [3.63, 3.8) is 0 Å². The minimum Gasteiger partial charge on any atom is -0.489 e. The van der Waals surface area contributed by atoms with Gasteiger partial charge >= 0.3 is 5.82 Å². The molecule has 0 amide bonds. The van der Waals surface area contributed by atoms with Gasteiger partial charge in [-0.3, -0.25) is 0 Å². The second kappa shape index (κ2) is 5.83. The Labute approximate surface area is 129 Å². The third-order valence-corrected chi connectivity index (χ3v) is 3.31. The summed E-state index contributed by atoms with van der Waals surface area (Å²) >= 11 is 18.0. The predicted octanol–water partition coefficient (Wildman–Crippen LogP) is 4.63. The van der Waals surface area contributed by atoms with E-state index in [1.54, 1.807) is 0 Å². The van der Waals surface area contributed by atoms with Crippen molar-refractivity contribution in [1.82, 2.24) is 4.98 Å². The van der Waals surface area contributed by atoms with Gasteiger partial charge in [-0.25, -0.2) is 0 Å². The molecular weight excluding hydrogens is 327 g/mol. The predicted molar refractivity (Wildman–Crippen MR) is 77.9 cm³/mol. The van der Waals surface area contributed by atoms with Crippen molar-refractivity contribution < 1.29 is 9.66 Å². The summed E-state index contributed by atoms with van der Waals surface area (Å²) in [7, 11) is 1.33. The maximum Gasteiger partial charge on any atom is 0.406 e. The number of hydrogen-bond acceptors (Lipinski definition) is 4. The van der Waals surface area contributed by atoms with Gasteiger partial charge in [0.05, 0.1) is 22.7 Å². The molecule has 1 heterocycles. The maximum atomic E-state index is 11.0. The van der Waals surface area contributed by atoms with Crippen molar-refractivity contribution >= 4 is 40.6 Å². The minimum absolute atomic E-state index is 0.0555. The quantitative estimate of drug-likeness (QED) is 0.607. The van der Waals surface area contributed by atoms with Crippen LogP contribution in [0.3, 0.4) is 0 Å². The normalized spacial score (nSPS) is 10.4. The number of aromatic nitrogens is 1. The van der Waals surface area contributed by atoms with Crippen LogP contribution in [0.5, 0.6) is 5.75 Å². The van der Waals surface area contributed by atoms with E-state index < -0.39 is 10.7 Å². The Hall–Kier alpha value is -1.56. The molecule has 0 unspecified atom stereocenters. The largest absolute Gasteiger partial charge is 0.489 e. The van der Waals surface area contributed by atoms with Gasteiger partial charge in [-0.1, -0.05) is 34.8 Å².